The van der Waals surface area contributed by atoms with Crippen LogP contribution in [0.5, 0.6) is 5.75 Å². The Labute approximate surface area is 133 Å². The second kappa shape index (κ2) is 8.42. The van der Waals surface area contributed by atoms with Crippen LogP contribution in [0.3, 0.4) is 0 Å². The first-order valence-corrected chi connectivity index (χ1v) is 7.92. The Kier molecular flexibility index (Phi) is 6.89. The summed E-state index contributed by atoms with van der Waals surface area (Å²) in [5.41, 5.74) is 3.32. The van der Waals surface area contributed by atoms with Crippen molar-refractivity contribution in [2.75, 3.05) is 7.11 Å². The van der Waals surface area contributed by atoms with E-state index in [2.05, 4.69) is 24.6 Å². The molecule has 0 spiro atoms. The average molecular weight is 303 g/mol. The molecular weight excluding hydrogens is 278 g/mol. The van der Waals surface area contributed by atoms with Crippen molar-refractivity contribution >= 4 is 27.1 Å². The molecule has 1 heterocycles. The molecule has 3 heteroatoms. The van der Waals surface area contributed by atoms with E-state index in [1.807, 2.05) is 45.0 Å². The van der Waals surface area contributed by atoms with E-state index in [4.69, 9.17) is 4.74 Å². The van der Waals surface area contributed by atoms with Gasteiger partial charge in [-0.2, -0.15) is 0 Å². The van der Waals surface area contributed by atoms with Gasteiger partial charge in [0, 0.05) is 7.00 Å². The maximum absolute atomic E-state index is 5.24. The van der Waals surface area contributed by atoms with Crippen molar-refractivity contribution in [3.8, 4) is 5.75 Å². The molecule has 0 amide bonds. The first kappa shape index (κ1) is 17.2. The van der Waals surface area contributed by atoms with Gasteiger partial charge in [-0.15, -0.1) is 11.3 Å². The minimum absolute atomic E-state index is 0. The van der Waals surface area contributed by atoms with Crippen LogP contribution in [0.2, 0.25) is 0 Å². The number of aromatic nitrogens is 1. The lowest BCUT2D eigenvalue weighted by atomic mass is 10.1. The van der Waals surface area contributed by atoms with E-state index >= 15 is 0 Å². The van der Waals surface area contributed by atoms with Crippen LogP contribution in [0.25, 0.3) is 15.8 Å². The lowest BCUT2D eigenvalue weighted by molar-refractivity contribution is 0.415. The van der Waals surface area contributed by atoms with E-state index in [0.717, 1.165) is 26.5 Å². The Morgan fingerprint density at radius 2 is 2.10 bits per heavy atom. The van der Waals surface area contributed by atoms with Crippen LogP contribution in [0.15, 0.2) is 48.6 Å². The topological polar surface area (TPSA) is 22.1 Å². The summed E-state index contributed by atoms with van der Waals surface area (Å²) in [5.74, 6) is 0.861. The molecule has 1 aromatic carbocycles. The van der Waals surface area contributed by atoms with Crippen LogP contribution in [-0.2, 0) is 0 Å². The second-order valence-corrected chi connectivity index (χ2v) is 5.17. The van der Waals surface area contributed by atoms with Gasteiger partial charge in [-0.1, -0.05) is 38.7 Å². The minimum Gasteiger partial charge on any atom is -0.497 e. The van der Waals surface area contributed by atoms with Gasteiger partial charge in [0.05, 0.1) is 17.3 Å². The molecule has 0 aliphatic rings. The molecule has 0 bridgehead atoms. The summed E-state index contributed by atoms with van der Waals surface area (Å²) in [6.07, 6.45) is 5.89. The van der Waals surface area contributed by atoms with Crippen LogP contribution in [0, 0.1) is 0 Å². The van der Waals surface area contributed by atoms with Crippen LogP contribution >= 0.6 is 11.3 Å². The van der Waals surface area contributed by atoms with E-state index in [0.29, 0.717) is 0 Å². The van der Waals surface area contributed by atoms with Gasteiger partial charge in [0.15, 0.2) is 0 Å². The van der Waals surface area contributed by atoms with Crippen molar-refractivity contribution in [3.63, 3.8) is 0 Å². The molecule has 0 saturated carbocycles. The van der Waals surface area contributed by atoms with Crippen molar-refractivity contribution in [3.05, 3.63) is 53.6 Å². The van der Waals surface area contributed by atoms with Gasteiger partial charge in [0.1, 0.15) is 10.8 Å². The molecule has 2 rings (SSSR count). The molecule has 0 aliphatic heterocycles. The Morgan fingerprint density at radius 1 is 1.38 bits per heavy atom. The van der Waals surface area contributed by atoms with E-state index in [9.17, 15) is 0 Å². The van der Waals surface area contributed by atoms with Gasteiger partial charge in [-0.05, 0) is 37.6 Å². The van der Waals surface area contributed by atoms with Gasteiger partial charge in [-0.25, -0.2) is 4.98 Å². The van der Waals surface area contributed by atoms with Crippen molar-refractivity contribution in [1.82, 2.24) is 4.98 Å². The van der Waals surface area contributed by atoms with E-state index in [1.165, 1.54) is 5.57 Å². The highest BCUT2D eigenvalue weighted by Crippen LogP contribution is 2.32. The molecule has 0 radical (unpaired) electrons. The number of benzene rings is 1. The normalized spacial score (nSPS) is 11.9. The van der Waals surface area contributed by atoms with E-state index in [-0.39, 0.29) is 1.43 Å². The Morgan fingerprint density at radius 3 is 2.67 bits per heavy atom. The number of ether oxygens (including phenoxy) is 1. The van der Waals surface area contributed by atoms with Crippen LogP contribution in [0.1, 0.15) is 34.1 Å². The number of hydrogen-bond acceptors (Lipinski definition) is 3. The summed E-state index contributed by atoms with van der Waals surface area (Å²) in [6.45, 7) is 11.9. The van der Waals surface area contributed by atoms with Crippen LogP contribution in [-0.4, -0.2) is 12.1 Å². The summed E-state index contributed by atoms with van der Waals surface area (Å²) in [4.78, 5) is 4.68. The first-order valence-electron chi connectivity index (χ1n) is 7.10. The quantitative estimate of drug-likeness (QED) is 0.635. The fourth-order valence-electron chi connectivity index (χ4n) is 1.79. The fourth-order valence-corrected chi connectivity index (χ4v) is 2.88. The smallest absolute Gasteiger partial charge is 0.124 e. The first-order chi connectivity index (χ1) is 10.2. The number of allylic oxidation sites excluding steroid dienone is 5. The zero-order valence-electron chi connectivity index (χ0n) is 13.4. The lowest BCUT2D eigenvalue weighted by Gasteiger charge is -2.02. The maximum atomic E-state index is 5.24. The Balaban J connectivity index is 0.00000141. The van der Waals surface area contributed by atoms with Crippen molar-refractivity contribution in [1.29, 1.82) is 0 Å². The highest BCUT2D eigenvalue weighted by Gasteiger charge is 2.10. The molecule has 21 heavy (non-hydrogen) atoms. The molecule has 114 valence electrons. The molecule has 0 unspecified atom stereocenters. The number of methoxy groups -OCH3 is 1. The molecule has 0 aliphatic carbocycles. The van der Waals surface area contributed by atoms with Gasteiger partial charge < -0.3 is 4.74 Å². The molecule has 2 aromatic rings. The van der Waals surface area contributed by atoms with Crippen molar-refractivity contribution in [2.45, 2.75) is 27.7 Å². The molecule has 0 saturated heterocycles. The molecular formula is C18H25NOS. The van der Waals surface area contributed by atoms with Crippen molar-refractivity contribution < 1.29 is 6.16 Å². The molecule has 0 fully saturated rings. The van der Waals surface area contributed by atoms with Crippen LogP contribution in [0.4, 0.5) is 0 Å². The number of rotatable bonds is 4. The predicted molar refractivity (Wildman–Crippen MR) is 97.2 cm³/mol. The van der Waals surface area contributed by atoms with E-state index < -0.39 is 0 Å². The second-order valence-electron chi connectivity index (χ2n) is 4.14. The average Bonchev–Trinajstić information content (AvgIpc) is 2.96. The molecule has 1 aromatic heterocycles. The Bertz CT molecular complexity index is 671. The standard InChI is InChI=1S/C16H17NOS.C2H6.H2/c1-5-7-13(11(3)6-2)16-17-14-9-8-12(18-4)10-15(14)19-16;1-2;/h5-10H,1H2,2-4H3;1-2H3;1H/b11-6-,13-7+;;. The van der Waals surface area contributed by atoms with Gasteiger partial charge >= 0.3 is 0 Å². The molecule has 0 N–H and O–H groups in total. The number of nitrogens with zero attached hydrogens (tertiary/aromatic N) is 1. The lowest BCUT2D eigenvalue weighted by Crippen LogP contribution is -1.84. The zero-order valence-corrected chi connectivity index (χ0v) is 14.3. The van der Waals surface area contributed by atoms with Crippen LogP contribution < -0.4 is 4.74 Å². The minimum atomic E-state index is 0. The summed E-state index contributed by atoms with van der Waals surface area (Å²) in [5, 5.41) is 1.01. The highest BCUT2D eigenvalue weighted by atomic mass is 32.1. The third-order valence-electron chi connectivity index (χ3n) is 2.97. The predicted octanol–water partition coefficient (Wildman–Crippen LogP) is 6.11. The molecule has 0 atom stereocenters. The number of thiazole rings is 1. The third kappa shape index (κ3) is 4.05. The highest BCUT2D eigenvalue weighted by molar-refractivity contribution is 7.19. The maximum Gasteiger partial charge on any atom is 0.124 e. The largest absolute Gasteiger partial charge is 0.497 e. The SMILES string of the molecule is C=C/C=C(\C(C)=C/C)c1nc2ccc(OC)cc2s1.CC.[HH]. The van der Waals surface area contributed by atoms with Crippen molar-refractivity contribution in [2.24, 2.45) is 0 Å². The van der Waals surface area contributed by atoms with Gasteiger partial charge in [0.2, 0.25) is 0 Å². The Hall–Kier alpha value is -1.87. The fraction of sp³-hybridized carbons (Fsp3) is 0.278. The summed E-state index contributed by atoms with van der Waals surface area (Å²) >= 11 is 1.67. The summed E-state index contributed by atoms with van der Waals surface area (Å²) in [6, 6.07) is 5.95. The van der Waals surface area contributed by atoms with Gasteiger partial charge in [-0.3, -0.25) is 0 Å². The number of hydrogen-bond donors (Lipinski definition) is 0. The number of fused-ring (bicyclic) bond motifs is 1. The summed E-state index contributed by atoms with van der Waals surface area (Å²) < 4.78 is 6.38. The molecule has 2 nitrogen and oxygen atoms in total. The summed E-state index contributed by atoms with van der Waals surface area (Å²) in [7, 11) is 1.68. The monoisotopic (exact) mass is 303 g/mol. The van der Waals surface area contributed by atoms with E-state index in [1.54, 1.807) is 24.5 Å². The third-order valence-corrected chi connectivity index (χ3v) is 4.02. The zero-order chi connectivity index (χ0) is 15.8. The van der Waals surface area contributed by atoms with Gasteiger partial charge in [0.25, 0.3) is 0 Å².